The van der Waals surface area contributed by atoms with Gasteiger partial charge in [-0.15, -0.1) is 0 Å². The van der Waals surface area contributed by atoms with Crippen LogP contribution in [0.25, 0.3) is 0 Å². The second-order valence-electron chi connectivity index (χ2n) is 5.04. The van der Waals surface area contributed by atoms with Crippen LogP contribution < -0.4 is 5.43 Å². The standard InChI is InChI=1S/C16H19FN4O/c1-4-15(13-5-7-14(17)8-6-13)18-19-16(22)10-21-12(3)9-11(2)20-21/h5-9H,4,10H2,1-3H3,(H,19,22)/b18-15-. The van der Waals surface area contributed by atoms with Crippen molar-refractivity contribution < 1.29 is 9.18 Å². The number of aromatic nitrogens is 2. The third-order valence-electron chi connectivity index (χ3n) is 3.22. The van der Waals surface area contributed by atoms with E-state index in [4.69, 9.17) is 0 Å². The lowest BCUT2D eigenvalue weighted by molar-refractivity contribution is -0.121. The van der Waals surface area contributed by atoms with Crippen LogP contribution in [0, 0.1) is 19.7 Å². The predicted octanol–water partition coefficient (Wildman–Crippen LogP) is 2.57. The van der Waals surface area contributed by atoms with E-state index in [2.05, 4.69) is 15.6 Å². The summed E-state index contributed by atoms with van der Waals surface area (Å²) < 4.78 is 14.6. The SMILES string of the molecule is CC/C(=N/NC(=O)Cn1nc(C)cc1C)c1ccc(F)cc1. The summed E-state index contributed by atoms with van der Waals surface area (Å²) in [5.74, 6) is -0.549. The first-order valence-electron chi connectivity index (χ1n) is 7.12. The van der Waals surface area contributed by atoms with Crippen LogP contribution in [0.15, 0.2) is 35.4 Å². The number of halogens is 1. The molecule has 1 aromatic carbocycles. The van der Waals surface area contributed by atoms with Gasteiger partial charge in [-0.25, -0.2) is 9.82 Å². The number of hydrazone groups is 1. The number of carbonyl (C=O) groups excluding carboxylic acids is 1. The van der Waals surface area contributed by atoms with Crippen molar-refractivity contribution in [3.05, 3.63) is 53.1 Å². The molecular formula is C16H19FN4O. The van der Waals surface area contributed by atoms with Crippen LogP contribution in [-0.4, -0.2) is 21.4 Å². The fraction of sp³-hybridized carbons (Fsp3) is 0.312. The van der Waals surface area contributed by atoms with Gasteiger partial charge in [0.1, 0.15) is 12.4 Å². The fourth-order valence-electron chi connectivity index (χ4n) is 2.13. The van der Waals surface area contributed by atoms with Crippen molar-refractivity contribution in [2.75, 3.05) is 0 Å². The molecule has 1 aromatic heterocycles. The van der Waals surface area contributed by atoms with Crippen LogP contribution in [0.1, 0.15) is 30.3 Å². The van der Waals surface area contributed by atoms with Crippen LogP contribution >= 0.6 is 0 Å². The summed E-state index contributed by atoms with van der Waals surface area (Å²) in [6.07, 6.45) is 0.631. The van der Waals surface area contributed by atoms with E-state index in [0.29, 0.717) is 12.1 Å². The molecule has 0 aliphatic carbocycles. The van der Waals surface area contributed by atoms with E-state index < -0.39 is 0 Å². The molecule has 1 amide bonds. The maximum absolute atomic E-state index is 12.9. The van der Waals surface area contributed by atoms with Gasteiger partial charge in [-0.2, -0.15) is 10.2 Å². The topological polar surface area (TPSA) is 59.3 Å². The van der Waals surface area contributed by atoms with Crippen molar-refractivity contribution in [2.45, 2.75) is 33.7 Å². The maximum Gasteiger partial charge on any atom is 0.261 e. The third-order valence-corrected chi connectivity index (χ3v) is 3.22. The van der Waals surface area contributed by atoms with Crippen molar-refractivity contribution >= 4 is 11.6 Å². The van der Waals surface area contributed by atoms with Gasteiger partial charge in [-0.3, -0.25) is 9.48 Å². The van der Waals surface area contributed by atoms with Crippen LogP contribution in [0.2, 0.25) is 0 Å². The first kappa shape index (κ1) is 15.9. The number of amides is 1. The molecule has 0 unspecified atom stereocenters. The smallest absolute Gasteiger partial charge is 0.261 e. The van der Waals surface area contributed by atoms with Gasteiger partial charge in [0.2, 0.25) is 0 Å². The second kappa shape index (κ2) is 6.98. The summed E-state index contributed by atoms with van der Waals surface area (Å²) in [6.45, 7) is 5.81. The lowest BCUT2D eigenvalue weighted by Gasteiger charge is -2.06. The Balaban J connectivity index is 2.03. The van der Waals surface area contributed by atoms with E-state index in [1.54, 1.807) is 16.8 Å². The summed E-state index contributed by atoms with van der Waals surface area (Å²) in [6, 6.07) is 7.94. The molecule has 1 N–H and O–H groups in total. The number of nitrogens with zero attached hydrogens (tertiary/aromatic N) is 3. The van der Waals surface area contributed by atoms with Gasteiger partial charge < -0.3 is 0 Å². The van der Waals surface area contributed by atoms with Gasteiger partial charge in [-0.05, 0) is 44.0 Å². The molecule has 0 aliphatic heterocycles. The quantitative estimate of drug-likeness (QED) is 0.681. The monoisotopic (exact) mass is 302 g/mol. The number of nitrogens with one attached hydrogen (secondary N) is 1. The largest absolute Gasteiger partial charge is 0.271 e. The number of benzene rings is 1. The minimum Gasteiger partial charge on any atom is -0.271 e. The van der Waals surface area contributed by atoms with Crippen LogP contribution in [0.4, 0.5) is 4.39 Å². The van der Waals surface area contributed by atoms with Crippen molar-refractivity contribution in [1.29, 1.82) is 0 Å². The Labute approximate surface area is 128 Å². The first-order valence-corrected chi connectivity index (χ1v) is 7.12. The van der Waals surface area contributed by atoms with Gasteiger partial charge in [0.25, 0.3) is 5.91 Å². The number of carbonyl (C=O) groups is 1. The van der Waals surface area contributed by atoms with E-state index in [9.17, 15) is 9.18 Å². The molecule has 0 bridgehead atoms. The van der Waals surface area contributed by atoms with Gasteiger partial charge in [-0.1, -0.05) is 19.1 Å². The Bertz CT molecular complexity index is 689. The maximum atomic E-state index is 12.9. The zero-order chi connectivity index (χ0) is 16.1. The Morgan fingerprint density at radius 2 is 2.00 bits per heavy atom. The second-order valence-corrected chi connectivity index (χ2v) is 5.04. The Morgan fingerprint density at radius 1 is 1.32 bits per heavy atom. The summed E-state index contributed by atoms with van der Waals surface area (Å²) in [7, 11) is 0. The lowest BCUT2D eigenvalue weighted by Crippen LogP contribution is -2.25. The molecule has 5 nitrogen and oxygen atoms in total. The molecule has 6 heteroatoms. The lowest BCUT2D eigenvalue weighted by atomic mass is 10.1. The van der Waals surface area contributed by atoms with Crippen molar-refractivity contribution in [1.82, 2.24) is 15.2 Å². The number of rotatable bonds is 5. The summed E-state index contributed by atoms with van der Waals surface area (Å²) in [5.41, 5.74) is 5.80. The van der Waals surface area contributed by atoms with E-state index in [1.165, 1.54) is 12.1 Å². The minimum atomic E-state index is -0.298. The highest BCUT2D eigenvalue weighted by atomic mass is 19.1. The van der Waals surface area contributed by atoms with Crippen molar-refractivity contribution in [3.8, 4) is 0 Å². The molecule has 2 aromatic rings. The molecular weight excluding hydrogens is 283 g/mol. The summed E-state index contributed by atoms with van der Waals surface area (Å²) in [4.78, 5) is 11.9. The molecule has 0 spiro atoms. The van der Waals surface area contributed by atoms with Crippen molar-refractivity contribution in [3.63, 3.8) is 0 Å². The molecule has 0 aliphatic rings. The zero-order valence-electron chi connectivity index (χ0n) is 12.9. The normalized spacial score (nSPS) is 11.5. The highest BCUT2D eigenvalue weighted by Crippen LogP contribution is 2.06. The average Bonchev–Trinajstić information content (AvgIpc) is 2.79. The molecule has 116 valence electrons. The molecule has 0 atom stereocenters. The van der Waals surface area contributed by atoms with Gasteiger partial charge >= 0.3 is 0 Å². The van der Waals surface area contributed by atoms with Gasteiger partial charge in [0.05, 0.1) is 11.4 Å². The number of hydrogen-bond acceptors (Lipinski definition) is 3. The van der Waals surface area contributed by atoms with Crippen molar-refractivity contribution in [2.24, 2.45) is 5.10 Å². The molecule has 1 heterocycles. The Kier molecular flexibility index (Phi) is 5.04. The van der Waals surface area contributed by atoms with Gasteiger partial charge in [0, 0.05) is 5.69 Å². The van der Waals surface area contributed by atoms with E-state index >= 15 is 0 Å². The van der Waals surface area contributed by atoms with E-state index in [1.807, 2.05) is 26.8 Å². The molecule has 2 rings (SSSR count). The van der Waals surface area contributed by atoms with Crippen LogP contribution in [-0.2, 0) is 11.3 Å². The molecule has 22 heavy (non-hydrogen) atoms. The van der Waals surface area contributed by atoms with Crippen LogP contribution in [0.3, 0.4) is 0 Å². The Hall–Kier alpha value is -2.50. The summed E-state index contributed by atoms with van der Waals surface area (Å²) >= 11 is 0. The average molecular weight is 302 g/mol. The predicted molar refractivity (Wildman–Crippen MR) is 83.1 cm³/mol. The van der Waals surface area contributed by atoms with E-state index in [-0.39, 0.29) is 18.3 Å². The number of hydrogen-bond donors (Lipinski definition) is 1. The molecule has 0 radical (unpaired) electrons. The van der Waals surface area contributed by atoms with E-state index in [0.717, 1.165) is 17.0 Å². The summed E-state index contributed by atoms with van der Waals surface area (Å²) in [5, 5.41) is 8.36. The third kappa shape index (κ3) is 4.00. The molecule has 0 saturated heterocycles. The Morgan fingerprint density at radius 3 is 2.55 bits per heavy atom. The highest BCUT2D eigenvalue weighted by molar-refractivity contribution is 6.00. The zero-order valence-corrected chi connectivity index (χ0v) is 12.9. The van der Waals surface area contributed by atoms with Gasteiger partial charge in [0.15, 0.2) is 0 Å². The fourth-order valence-corrected chi connectivity index (χ4v) is 2.13. The highest BCUT2D eigenvalue weighted by Gasteiger charge is 2.07. The number of aryl methyl sites for hydroxylation is 2. The molecule has 0 saturated carbocycles. The minimum absolute atomic E-state index is 0.115. The van der Waals surface area contributed by atoms with Crippen LogP contribution in [0.5, 0.6) is 0 Å². The molecule has 0 fully saturated rings. The first-order chi connectivity index (χ1) is 10.5.